The fraction of sp³-hybridized carbons (Fsp3) is 0.567. The number of amides is 1. The molecule has 3 heterocycles. The summed E-state index contributed by atoms with van der Waals surface area (Å²) in [7, 11) is 3.91. The molecular weight excluding hydrogens is 460 g/mol. The minimum Gasteiger partial charge on any atom is -0.344 e. The van der Waals surface area contributed by atoms with Crippen LogP contribution in [0.4, 0.5) is 0 Å². The van der Waals surface area contributed by atoms with Gasteiger partial charge in [-0.15, -0.1) is 0 Å². The van der Waals surface area contributed by atoms with Crippen LogP contribution in [0.25, 0.3) is 11.3 Å². The number of likely N-dealkylation sites (tertiary alicyclic amines) is 1. The largest absolute Gasteiger partial charge is 0.344 e. The maximum Gasteiger partial charge on any atom is 0.237 e. The molecule has 4 fully saturated rings. The zero-order valence-electron chi connectivity index (χ0n) is 22.5. The third-order valence-corrected chi connectivity index (χ3v) is 9.53. The zero-order valence-corrected chi connectivity index (χ0v) is 22.5. The molecule has 1 unspecified atom stereocenters. The molecule has 3 saturated carbocycles. The van der Waals surface area contributed by atoms with Crippen LogP contribution in [0.2, 0.25) is 0 Å². The van der Waals surface area contributed by atoms with Crippen LogP contribution in [0, 0.1) is 0 Å². The SMILES string of the molecule is CCc1ncc(-c2ccc(C34CCC(c5cnc(C6CCCN6C(=O)CN(C)C)[nH]5)(CC3)CC4)cc2)[nH]1. The van der Waals surface area contributed by atoms with E-state index in [2.05, 4.69) is 52.3 Å². The Morgan fingerprint density at radius 1 is 1.00 bits per heavy atom. The van der Waals surface area contributed by atoms with Crippen molar-refractivity contribution in [3.05, 3.63) is 59.6 Å². The highest BCUT2D eigenvalue weighted by Crippen LogP contribution is 2.58. The van der Waals surface area contributed by atoms with Gasteiger partial charge in [0, 0.05) is 30.3 Å². The quantitative estimate of drug-likeness (QED) is 0.471. The maximum absolute atomic E-state index is 12.8. The smallest absolute Gasteiger partial charge is 0.237 e. The van der Waals surface area contributed by atoms with Gasteiger partial charge in [0.1, 0.15) is 11.6 Å². The lowest BCUT2D eigenvalue weighted by molar-refractivity contribution is -0.132. The topological polar surface area (TPSA) is 80.9 Å². The highest BCUT2D eigenvalue weighted by Gasteiger charge is 2.51. The van der Waals surface area contributed by atoms with Crippen LogP contribution in [0.3, 0.4) is 0 Å². The molecule has 1 atom stereocenters. The Morgan fingerprint density at radius 3 is 2.35 bits per heavy atom. The maximum atomic E-state index is 12.8. The van der Waals surface area contributed by atoms with E-state index >= 15 is 0 Å². The lowest BCUT2D eigenvalue weighted by Gasteiger charge is -2.53. The van der Waals surface area contributed by atoms with Gasteiger partial charge in [0.25, 0.3) is 0 Å². The summed E-state index contributed by atoms with van der Waals surface area (Å²) in [6.07, 6.45) is 14.3. The van der Waals surface area contributed by atoms with Crippen LogP contribution < -0.4 is 0 Å². The Kier molecular flexibility index (Phi) is 6.22. The summed E-state index contributed by atoms with van der Waals surface area (Å²) in [6, 6.07) is 9.33. The van der Waals surface area contributed by atoms with E-state index in [1.807, 2.05) is 30.1 Å². The number of hydrogen-bond donors (Lipinski definition) is 2. The predicted octanol–water partition coefficient (Wildman–Crippen LogP) is 5.13. The van der Waals surface area contributed by atoms with Crippen molar-refractivity contribution in [3.63, 3.8) is 0 Å². The highest BCUT2D eigenvalue weighted by molar-refractivity contribution is 5.79. The van der Waals surface area contributed by atoms with Gasteiger partial charge >= 0.3 is 0 Å². The number of rotatable bonds is 7. The Morgan fingerprint density at radius 2 is 1.70 bits per heavy atom. The molecule has 196 valence electrons. The Labute approximate surface area is 220 Å². The van der Waals surface area contributed by atoms with Crippen LogP contribution in [-0.4, -0.2) is 62.8 Å². The van der Waals surface area contributed by atoms with E-state index in [-0.39, 0.29) is 17.4 Å². The fourth-order valence-corrected chi connectivity index (χ4v) is 7.20. The second kappa shape index (κ2) is 9.43. The molecular formula is C30H40N6O. The number of likely N-dealkylation sites (N-methyl/N-ethyl adjacent to an activating group) is 1. The van der Waals surface area contributed by atoms with Crippen molar-refractivity contribution < 1.29 is 4.79 Å². The molecule has 1 aliphatic heterocycles. The molecule has 0 radical (unpaired) electrons. The molecule has 1 saturated heterocycles. The van der Waals surface area contributed by atoms with E-state index in [9.17, 15) is 4.79 Å². The average molecular weight is 501 g/mol. The first-order chi connectivity index (χ1) is 17.9. The summed E-state index contributed by atoms with van der Waals surface area (Å²) >= 11 is 0. The van der Waals surface area contributed by atoms with Crippen LogP contribution in [0.5, 0.6) is 0 Å². The molecule has 7 heteroatoms. The first-order valence-electron chi connectivity index (χ1n) is 14.1. The van der Waals surface area contributed by atoms with Crippen LogP contribution in [0.1, 0.15) is 87.2 Å². The van der Waals surface area contributed by atoms with Gasteiger partial charge in [-0.1, -0.05) is 31.2 Å². The van der Waals surface area contributed by atoms with Crippen molar-refractivity contribution in [1.82, 2.24) is 29.7 Å². The molecule has 0 spiro atoms. The summed E-state index contributed by atoms with van der Waals surface area (Å²) in [4.78, 5) is 33.3. The number of hydrogen-bond acceptors (Lipinski definition) is 4. The summed E-state index contributed by atoms with van der Waals surface area (Å²) in [5.74, 6) is 2.22. The molecule has 7 rings (SSSR count). The molecule has 3 aromatic rings. The lowest BCUT2D eigenvalue weighted by atomic mass is 9.51. The summed E-state index contributed by atoms with van der Waals surface area (Å²) in [5, 5.41) is 0. The number of benzene rings is 1. The van der Waals surface area contributed by atoms with Crippen LogP contribution >= 0.6 is 0 Å². The van der Waals surface area contributed by atoms with Crippen molar-refractivity contribution in [2.75, 3.05) is 27.2 Å². The number of nitrogens with one attached hydrogen (secondary N) is 2. The first kappa shape index (κ1) is 24.4. The van der Waals surface area contributed by atoms with E-state index in [0.29, 0.717) is 12.0 Å². The van der Waals surface area contributed by atoms with Crippen molar-refractivity contribution >= 4 is 5.91 Å². The van der Waals surface area contributed by atoms with E-state index in [1.165, 1.54) is 55.3 Å². The summed E-state index contributed by atoms with van der Waals surface area (Å²) in [5.41, 5.74) is 5.60. The third kappa shape index (κ3) is 4.31. The molecule has 3 aliphatic carbocycles. The van der Waals surface area contributed by atoms with Gasteiger partial charge in [0.15, 0.2) is 0 Å². The summed E-state index contributed by atoms with van der Waals surface area (Å²) in [6.45, 7) is 3.41. The molecule has 1 aromatic carbocycles. The monoisotopic (exact) mass is 500 g/mol. The summed E-state index contributed by atoms with van der Waals surface area (Å²) < 4.78 is 0. The number of carbonyl (C=O) groups is 1. The second-order valence-corrected chi connectivity index (χ2v) is 11.9. The zero-order chi connectivity index (χ0) is 25.6. The van der Waals surface area contributed by atoms with E-state index < -0.39 is 0 Å². The van der Waals surface area contributed by atoms with Gasteiger partial charge in [0.2, 0.25) is 5.91 Å². The van der Waals surface area contributed by atoms with Crippen molar-refractivity contribution in [2.24, 2.45) is 0 Å². The standard InChI is InChI=1S/C30H40N6O/c1-4-26-31-18-23(33-26)21-7-9-22(10-8-21)29-11-14-30(15-12-29,16-13-29)25-19-32-28(34-25)24-6-5-17-36(24)27(37)20-35(2)3/h7-10,18-19,24H,4-6,11-17,20H2,1-3H3,(H,31,33)(H,32,34). The van der Waals surface area contributed by atoms with Crippen molar-refractivity contribution in [2.45, 2.75) is 81.6 Å². The molecule has 7 nitrogen and oxygen atoms in total. The normalized spacial score (nSPS) is 27.4. The Bertz CT molecular complexity index is 1230. The van der Waals surface area contributed by atoms with E-state index in [0.717, 1.165) is 43.1 Å². The molecule has 1 amide bonds. The molecule has 2 N–H and O–H groups in total. The molecule has 2 aromatic heterocycles. The van der Waals surface area contributed by atoms with Gasteiger partial charge < -0.3 is 19.8 Å². The lowest BCUT2D eigenvalue weighted by Crippen LogP contribution is -2.46. The van der Waals surface area contributed by atoms with Gasteiger partial charge in [-0.3, -0.25) is 4.79 Å². The fourth-order valence-electron chi connectivity index (χ4n) is 7.20. The Hall–Kier alpha value is -2.93. The van der Waals surface area contributed by atoms with Crippen molar-refractivity contribution in [3.8, 4) is 11.3 Å². The Balaban J connectivity index is 1.15. The van der Waals surface area contributed by atoms with Crippen LogP contribution in [0.15, 0.2) is 36.7 Å². The van der Waals surface area contributed by atoms with Gasteiger partial charge in [-0.2, -0.15) is 0 Å². The average Bonchev–Trinajstić information content (AvgIpc) is 3.70. The van der Waals surface area contributed by atoms with Gasteiger partial charge in [0.05, 0.1) is 24.5 Å². The minimum atomic E-state index is 0.0886. The number of aromatic amines is 2. The van der Waals surface area contributed by atoms with Crippen molar-refractivity contribution in [1.29, 1.82) is 0 Å². The first-order valence-corrected chi connectivity index (χ1v) is 14.1. The molecule has 2 bridgehead atoms. The highest BCUT2D eigenvalue weighted by atomic mass is 16.2. The van der Waals surface area contributed by atoms with Crippen LogP contribution in [-0.2, 0) is 22.0 Å². The minimum absolute atomic E-state index is 0.0886. The number of aryl methyl sites for hydroxylation is 1. The van der Waals surface area contributed by atoms with E-state index in [4.69, 9.17) is 4.98 Å². The number of H-pyrrole nitrogens is 2. The van der Waals surface area contributed by atoms with Gasteiger partial charge in [-0.05, 0) is 82.0 Å². The van der Waals surface area contributed by atoms with Gasteiger partial charge in [-0.25, -0.2) is 9.97 Å². The predicted molar refractivity (Wildman–Crippen MR) is 145 cm³/mol. The van der Waals surface area contributed by atoms with E-state index in [1.54, 1.807) is 0 Å². The molecule has 37 heavy (non-hydrogen) atoms. The number of carbonyl (C=O) groups excluding carboxylic acids is 1. The number of fused-ring (bicyclic) bond motifs is 3. The second-order valence-electron chi connectivity index (χ2n) is 11.9. The number of aromatic nitrogens is 4. The number of imidazole rings is 2. The third-order valence-electron chi connectivity index (χ3n) is 9.53. The number of nitrogens with zero attached hydrogens (tertiary/aromatic N) is 4. The molecule has 4 aliphatic rings.